The van der Waals surface area contributed by atoms with E-state index in [0.29, 0.717) is 22.5 Å². The van der Waals surface area contributed by atoms with Gasteiger partial charge in [0.2, 0.25) is 0 Å². The molecule has 0 saturated carbocycles. The number of carbonyl (C=O) groups excluding carboxylic acids is 1. The van der Waals surface area contributed by atoms with Gasteiger partial charge in [0.05, 0.1) is 22.8 Å². The monoisotopic (exact) mass is 550 g/mol. The first kappa shape index (κ1) is 25.2. The van der Waals surface area contributed by atoms with E-state index in [1.165, 1.54) is 16.8 Å². The molecular weight excluding hydrogens is 527 g/mol. The molecule has 4 rings (SSSR count). The van der Waals surface area contributed by atoms with Gasteiger partial charge in [-0.05, 0) is 66.6 Å². The first-order chi connectivity index (χ1) is 17.4. The number of nitrogens with zero attached hydrogens (tertiary/aromatic N) is 3. The second-order valence-corrected chi connectivity index (χ2v) is 9.10. The first-order valence-electron chi connectivity index (χ1n) is 11.4. The second-order valence-electron chi connectivity index (χ2n) is 8.19. The van der Waals surface area contributed by atoms with Crippen molar-refractivity contribution >= 4 is 44.6 Å². The van der Waals surface area contributed by atoms with Crippen LogP contribution < -0.4 is 15.6 Å². The number of hydrogen-bond acceptors (Lipinski definition) is 5. The molecule has 1 N–H and O–H groups in total. The van der Waals surface area contributed by atoms with E-state index in [2.05, 4.69) is 26.3 Å². The van der Waals surface area contributed by atoms with Crippen LogP contribution in [0, 0.1) is 5.82 Å². The van der Waals surface area contributed by atoms with Gasteiger partial charge in [0.1, 0.15) is 17.4 Å². The third-order valence-corrected chi connectivity index (χ3v) is 6.10. The predicted octanol–water partition coefficient (Wildman–Crippen LogP) is 5.71. The normalized spacial score (nSPS) is 12.1. The lowest BCUT2D eigenvalue weighted by molar-refractivity contribution is -0.118. The number of rotatable bonds is 8. The fourth-order valence-electron chi connectivity index (χ4n) is 3.45. The first-order valence-corrected chi connectivity index (χ1v) is 12.2. The third-order valence-electron chi connectivity index (χ3n) is 5.61. The minimum Gasteiger partial charge on any atom is -0.484 e. The van der Waals surface area contributed by atoms with Gasteiger partial charge in [-0.1, -0.05) is 41.9 Å². The summed E-state index contributed by atoms with van der Waals surface area (Å²) in [6.07, 6.45) is 2.38. The van der Waals surface area contributed by atoms with Crippen molar-refractivity contribution in [3.63, 3.8) is 0 Å². The van der Waals surface area contributed by atoms with Gasteiger partial charge >= 0.3 is 0 Å². The topological polar surface area (TPSA) is 85.6 Å². The quantitative estimate of drug-likeness (QED) is 0.284. The summed E-state index contributed by atoms with van der Waals surface area (Å²) >= 11 is 3.41. The van der Waals surface area contributed by atoms with Gasteiger partial charge < -0.3 is 10.1 Å². The number of halogens is 2. The largest absolute Gasteiger partial charge is 0.484 e. The lowest BCUT2D eigenvalue weighted by atomic mass is 10.1. The summed E-state index contributed by atoms with van der Waals surface area (Å²) in [5.74, 6) is 0.103. The number of amides is 1. The van der Waals surface area contributed by atoms with Crippen LogP contribution in [0.4, 0.5) is 10.1 Å². The molecule has 1 heterocycles. The summed E-state index contributed by atoms with van der Waals surface area (Å²) in [5.41, 5.74) is 1.22. The summed E-state index contributed by atoms with van der Waals surface area (Å²) in [6.45, 7) is 3.77. The highest BCUT2D eigenvalue weighted by Crippen LogP contribution is 2.21. The molecule has 1 aromatic heterocycles. The zero-order chi connectivity index (χ0) is 25.7. The Morgan fingerprint density at radius 2 is 1.94 bits per heavy atom. The molecule has 184 valence electrons. The number of para-hydroxylation sites is 1. The van der Waals surface area contributed by atoms with Crippen molar-refractivity contribution in [1.29, 1.82) is 0 Å². The van der Waals surface area contributed by atoms with Gasteiger partial charge in [-0.3, -0.25) is 9.59 Å². The maximum atomic E-state index is 13.7. The van der Waals surface area contributed by atoms with Crippen molar-refractivity contribution in [2.24, 2.45) is 5.10 Å². The molecule has 0 aliphatic heterocycles. The minimum absolute atomic E-state index is 0.0363. The fraction of sp³-hybridized carbons (Fsp3) is 0.185. The van der Waals surface area contributed by atoms with Gasteiger partial charge in [-0.25, -0.2) is 9.37 Å². The molecule has 0 saturated heterocycles. The van der Waals surface area contributed by atoms with Crippen molar-refractivity contribution in [3.05, 3.63) is 98.8 Å². The Hall–Kier alpha value is -3.85. The van der Waals surface area contributed by atoms with Crippen LogP contribution in [-0.2, 0) is 4.79 Å². The Morgan fingerprint density at radius 1 is 1.19 bits per heavy atom. The summed E-state index contributed by atoms with van der Waals surface area (Å²) in [4.78, 5) is 30.0. The van der Waals surface area contributed by atoms with Crippen LogP contribution in [0.25, 0.3) is 10.9 Å². The molecule has 0 aliphatic carbocycles. The van der Waals surface area contributed by atoms with Gasteiger partial charge in [0.25, 0.3) is 11.5 Å². The van der Waals surface area contributed by atoms with E-state index in [0.717, 1.165) is 16.5 Å². The standard InChI is InChI=1S/C27H24BrFN4O3/c1-3-17(2)26-32-23-13-10-19(28)14-21(23)27(35)33(26)30-15-18-8-11-20(12-9-18)36-16-25(34)31-24-7-5-4-6-22(24)29/h4-15,17H,3,16H2,1-2H3,(H,31,34)/t17-/m1/s1. The molecule has 7 nitrogen and oxygen atoms in total. The Morgan fingerprint density at radius 3 is 2.67 bits per heavy atom. The van der Waals surface area contributed by atoms with Crippen molar-refractivity contribution in [2.45, 2.75) is 26.2 Å². The van der Waals surface area contributed by atoms with Gasteiger partial charge in [-0.2, -0.15) is 9.78 Å². The predicted molar refractivity (Wildman–Crippen MR) is 142 cm³/mol. The molecule has 1 amide bonds. The second kappa shape index (κ2) is 11.3. The van der Waals surface area contributed by atoms with Crippen molar-refractivity contribution in [2.75, 3.05) is 11.9 Å². The molecule has 0 unspecified atom stereocenters. The maximum Gasteiger partial charge on any atom is 0.282 e. The number of ether oxygens (including phenoxy) is 1. The number of hydrogen-bond donors (Lipinski definition) is 1. The van der Waals surface area contributed by atoms with E-state index in [4.69, 9.17) is 9.72 Å². The number of anilines is 1. The average Bonchev–Trinajstić information content (AvgIpc) is 2.88. The van der Waals surface area contributed by atoms with Crippen LogP contribution in [-0.4, -0.2) is 28.4 Å². The number of carbonyl (C=O) groups is 1. The number of aromatic nitrogens is 2. The average molecular weight is 551 g/mol. The van der Waals surface area contributed by atoms with E-state index >= 15 is 0 Å². The molecule has 0 spiro atoms. The maximum absolute atomic E-state index is 13.7. The number of nitrogens with one attached hydrogen (secondary N) is 1. The Kier molecular flexibility index (Phi) is 7.90. The highest BCUT2D eigenvalue weighted by atomic mass is 79.9. The SMILES string of the molecule is CC[C@@H](C)c1nc2ccc(Br)cc2c(=O)n1N=Cc1ccc(OCC(=O)Nc2ccccc2F)cc1. The zero-order valence-electron chi connectivity index (χ0n) is 19.7. The summed E-state index contributed by atoms with van der Waals surface area (Å²) in [5, 5.41) is 7.39. The molecule has 0 bridgehead atoms. The van der Waals surface area contributed by atoms with Crippen molar-refractivity contribution in [1.82, 2.24) is 9.66 Å². The van der Waals surface area contributed by atoms with Crippen molar-refractivity contribution in [3.8, 4) is 5.75 Å². The van der Waals surface area contributed by atoms with Crippen LogP contribution >= 0.6 is 15.9 Å². The van der Waals surface area contributed by atoms with Crippen LogP contribution in [0.5, 0.6) is 5.75 Å². The molecule has 0 radical (unpaired) electrons. The van der Waals surface area contributed by atoms with E-state index in [9.17, 15) is 14.0 Å². The van der Waals surface area contributed by atoms with Crippen LogP contribution in [0.3, 0.4) is 0 Å². The molecular formula is C27H24BrFN4O3. The molecule has 3 aromatic carbocycles. The Balaban J connectivity index is 1.49. The molecule has 9 heteroatoms. The van der Waals surface area contributed by atoms with E-state index in [1.54, 1.807) is 48.7 Å². The van der Waals surface area contributed by atoms with Gasteiger partial charge in [-0.15, -0.1) is 0 Å². The van der Waals surface area contributed by atoms with Gasteiger partial charge in [0, 0.05) is 10.4 Å². The minimum atomic E-state index is -0.515. The van der Waals surface area contributed by atoms with Crippen LogP contribution in [0.1, 0.15) is 37.6 Å². The fourth-order valence-corrected chi connectivity index (χ4v) is 3.81. The zero-order valence-corrected chi connectivity index (χ0v) is 21.3. The van der Waals surface area contributed by atoms with Crippen LogP contribution in [0.15, 0.2) is 81.1 Å². The van der Waals surface area contributed by atoms with Crippen LogP contribution in [0.2, 0.25) is 0 Å². The highest BCUT2D eigenvalue weighted by Gasteiger charge is 2.15. The summed E-state index contributed by atoms with van der Waals surface area (Å²) in [6, 6.07) is 18.2. The Labute approximate surface area is 215 Å². The van der Waals surface area contributed by atoms with E-state index < -0.39 is 11.7 Å². The molecule has 36 heavy (non-hydrogen) atoms. The number of fused-ring (bicyclic) bond motifs is 1. The molecule has 0 fully saturated rings. The lowest BCUT2D eigenvalue weighted by Crippen LogP contribution is -2.23. The number of benzene rings is 3. The smallest absolute Gasteiger partial charge is 0.282 e. The van der Waals surface area contributed by atoms with E-state index in [-0.39, 0.29) is 23.8 Å². The molecule has 4 aromatic rings. The Bertz CT molecular complexity index is 1490. The van der Waals surface area contributed by atoms with Crippen molar-refractivity contribution < 1.29 is 13.9 Å². The summed E-state index contributed by atoms with van der Waals surface area (Å²) < 4.78 is 21.3. The molecule has 1 atom stereocenters. The van der Waals surface area contributed by atoms with Gasteiger partial charge in [0.15, 0.2) is 6.61 Å². The highest BCUT2D eigenvalue weighted by molar-refractivity contribution is 9.10. The summed E-state index contributed by atoms with van der Waals surface area (Å²) in [7, 11) is 0. The van der Waals surface area contributed by atoms with E-state index in [1.807, 2.05) is 26.0 Å². The third kappa shape index (κ3) is 5.85. The lowest BCUT2D eigenvalue weighted by Gasteiger charge is -2.14. The molecule has 0 aliphatic rings.